The number of nitrogens with one attached hydrogen (secondary N) is 1. The molecule has 0 aromatic rings. The van der Waals surface area contributed by atoms with Gasteiger partial charge in [-0.2, -0.15) is 0 Å². The van der Waals surface area contributed by atoms with E-state index in [4.69, 9.17) is 68.6 Å². The molecule has 38 heavy (non-hydrogen) atoms. The van der Waals surface area contributed by atoms with Gasteiger partial charge in [0.25, 0.3) is 3.79 Å². The standard InChI is InChI=1S/C28H52Cl3NO6/c1-5-9-13-17-33-21-22-23(34-18-14-10-6-2)24(35-19-15-11-7-3)25(36-20-16-12-8-4)26(37-22)38-27(32)28(29,30)31/h22-26,32H,5-21H2,1-4H3/t22-,23-,24+,25-,26?/m1/s1. The van der Waals surface area contributed by atoms with Crippen LogP contribution in [0.15, 0.2) is 0 Å². The molecule has 1 saturated heterocycles. The van der Waals surface area contributed by atoms with E-state index in [-0.39, 0.29) is 0 Å². The Morgan fingerprint density at radius 3 is 1.58 bits per heavy atom. The number of rotatable bonds is 22. The fraction of sp³-hybridized carbons (Fsp3) is 0.964. The van der Waals surface area contributed by atoms with Crippen molar-refractivity contribution >= 4 is 40.7 Å². The summed E-state index contributed by atoms with van der Waals surface area (Å²) in [4.78, 5) is 0. The number of hydrogen-bond acceptors (Lipinski definition) is 7. The summed E-state index contributed by atoms with van der Waals surface area (Å²) < 4.78 is 35.4. The maximum absolute atomic E-state index is 8.20. The molecule has 1 heterocycles. The lowest BCUT2D eigenvalue weighted by Crippen LogP contribution is -2.62. The minimum Gasteiger partial charge on any atom is -0.445 e. The number of unbranched alkanes of at least 4 members (excludes halogenated alkanes) is 8. The Labute approximate surface area is 246 Å². The van der Waals surface area contributed by atoms with Crippen LogP contribution in [0.5, 0.6) is 0 Å². The molecule has 1 aliphatic heterocycles. The zero-order valence-electron chi connectivity index (χ0n) is 24.0. The summed E-state index contributed by atoms with van der Waals surface area (Å²) in [5.41, 5.74) is 0. The highest BCUT2D eigenvalue weighted by molar-refractivity contribution is 6.76. The van der Waals surface area contributed by atoms with Crippen molar-refractivity contribution in [3.63, 3.8) is 0 Å². The van der Waals surface area contributed by atoms with Crippen molar-refractivity contribution in [3.8, 4) is 0 Å². The lowest BCUT2D eigenvalue weighted by molar-refractivity contribution is -0.308. The second kappa shape index (κ2) is 21.8. The summed E-state index contributed by atoms with van der Waals surface area (Å²) in [6.07, 6.45) is 9.33. The molecular formula is C28H52Cl3NO6. The van der Waals surface area contributed by atoms with Crippen molar-refractivity contribution in [3.05, 3.63) is 0 Å². The van der Waals surface area contributed by atoms with Crippen LogP contribution in [0.1, 0.15) is 105 Å². The van der Waals surface area contributed by atoms with Gasteiger partial charge < -0.3 is 28.4 Å². The van der Waals surface area contributed by atoms with E-state index in [2.05, 4.69) is 27.7 Å². The van der Waals surface area contributed by atoms with Crippen molar-refractivity contribution in [1.29, 1.82) is 5.41 Å². The molecule has 0 spiro atoms. The van der Waals surface area contributed by atoms with Crippen LogP contribution in [0.3, 0.4) is 0 Å². The maximum atomic E-state index is 8.20. The predicted octanol–water partition coefficient (Wildman–Crippen LogP) is 8.01. The molecule has 1 N–H and O–H groups in total. The van der Waals surface area contributed by atoms with E-state index in [9.17, 15) is 0 Å². The highest BCUT2D eigenvalue weighted by Gasteiger charge is 2.50. The molecule has 0 aromatic heterocycles. The smallest absolute Gasteiger partial charge is 0.265 e. The first-order chi connectivity index (χ1) is 18.3. The molecule has 0 aromatic carbocycles. The number of ether oxygens (including phenoxy) is 6. The van der Waals surface area contributed by atoms with E-state index in [1.807, 2.05) is 0 Å². The van der Waals surface area contributed by atoms with Crippen molar-refractivity contribution in [2.75, 3.05) is 33.0 Å². The van der Waals surface area contributed by atoms with Crippen LogP contribution < -0.4 is 0 Å². The Hall–Kier alpha value is 0.140. The molecule has 1 aliphatic rings. The summed E-state index contributed by atoms with van der Waals surface area (Å²) in [7, 11) is 0. The first-order valence-corrected chi connectivity index (χ1v) is 15.8. The van der Waals surface area contributed by atoms with E-state index in [0.29, 0.717) is 33.0 Å². The van der Waals surface area contributed by atoms with Crippen molar-refractivity contribution in [2.24, 2.45) is 0 Å². The van der Waals surface area contributed by atoms with Crippen LogP contribution >= 0.6 is 34.8 Å². The van der Waals surface area contributed by atoms with Crippen LogP contribution in [0.25, 0.3) is 0 Å². The third-order valence-electron chi connectivity index (χ3n) is 6.43. The van der Waals surface area contributed by atoms with Gasteiger partial charge in [0, 0.05) is 26.4 Å². The van der Waals surface area contributed by atoms with Gasteiger partial charge in [-0.25, -0.2) is 0 Å². The van der Waals surface area contributed by atoms with Gasteiger partial charge in [-0.05, 0) is 25.7 Å². The Morgan fingerprint density at radius 1 is 0.658 bits per heavy atom. The Morgan fingerprint density at radius 2 is 1.11 bits per heavy atom. The fourth-order valence-electron chi connectivity index (χ4n) is 4.23. The van der Waals surface area contributed by atoms with Gasteiger partial charge in [-0.15, -0.1) is 0 Å². The van der Waals surface area contributed by atoms with E-state index < -0.39 is 40.4 Å². The SMILES string of the molecule is CCCCCOC[C@H]1OC(OC(=N)C(Cl)(Cl)Cl)[C@H](OCCCCC)[C@@H](OCCCCC)[C@@H]1OCCCCC. The molecule has 226 valence electrons. The highest BCUT2D eigenvalue weighted by Crippen LogP contribution is 2.34. The van der Waals surface area contributed by atoms with E-state index in [0.717, 1.165) is 77.0 Å². The summed E-state index contributed by atoms with van der Waals surface area (Å²) in [5, 5.41) is 8.20. The molecule has 0 bridgehead atoms. The molecule has 1 rings (SSSR count). The zero-order valence-corrected chi connectivity index (χ0v) is 26.3. The average molecular weight is 605 g/mol. The number of alkyl halides is 3. The molecule has 0 aliphatic carbocycles. The number of halogens is 3. The monoisotopic (exact) mass is 603 g/mol. The van der Waals surface area contributed by atoms with Gasteiger partial charge in [0.2, 0.25) is 12.2 Å². The third kappa shape index (κ3) is 14.7. The Bertz CT molecular complexity index is 595. The zero-order chi connectivity index (χ0) is 28.2. The molecule has 10 heteroatoms. The van der Waals surface area contributed by atoms with Gasteiger partial charge in [-0.1, -0.05) is 114 Å². The lowest BCUT2D eigenvalue weighted by atomic mass is 9.98. The molecule has 1 unspecified atom stereocenters. The average Bonchev–Trinajstić information content (AvgIpc) is 2.88. The van der Waals surface area contributed by atoms with Gasteiger partial charge in [0.15, 0.2) is 0 Å². The van der Waals surface area contributed by atoms with E-state index in [1.165, 1.54) is 0 Å². The Balaban J connectivity index is 3.20. The van der Waals surface area contributed by atoms with Crippen LogP contribution in [-0.2, 0) is 28.4 Å². The van der Waals surface area contributed by atoms with Crippen molar-refractivity contribution in [1.82, 2.24) is 0 Å². The quantitative estimate of drug-likeness (QED) is 0.0584. The number of hydrogen-bond donors (Lipinski definition) is 1. The first-order valence-electron chi connectivity index (χ1n) is 14.7. The normalized spacial score (nSPS) is 24.0. The molecule has 1 fully saturated rings. The molecule has 5 atom stereocenters. The largest absolute Gasteiger partial charge is 0.445 e. The van der Waals surface area contributed by atoms with Gasteiger partial charge >= 0.3 is 0 Å². The summed E-state index contributed by atoms with van der Waals surface area (Å²) in [5.74, 6) is -0.524. The minimum atomic E-state index is -2.02. The van der Waals surface area contributed by atoms with E-state index >= 15 is 0 Å². The van der Waals surface area contributed by atoms with Crippen LogP contribution in [0.4, 0.5) is 0 Å². The topological polar surface area (TPSA) is 79.2 Å². The van der Waals surface area contributed by atoms with Crippen LogP contribution in [-0.4, -0.2) is 73.4 Å². The lowest BCUT2D eigenvalue weighted by Gasteiger charge is -2.46. The minimum absolute atomic E-state index is 0.306. The second-order valence-electron chi connectivity index (χ2n) is 9.90. The van der Waals surface area contributed by atoms with Crippen LogP contribution in [0.2, 0.25) is 0 Å². The first kappa shape index (κ1) is 36.2. The Kier molecular flexibility index (Phi) is 20.8. The predicted molar refractivity (Wildman–Crippen MR) is 156 cm³/mol. The van der Waals surface area contributed by atoms with Gasteiger partial charge in [-0.3, -0.25) is 5.41 Å². The molecule has 0 radical (unpaired) electrons. The summed E-state index contributed by atoms with van der Waals surface area (Å²) in [6, 6.07) is 0. The molecule has 7 nitrogen and oxygen atoms in total. The van der Waals surface area contributed by atoms with Gasteiger partial charge in [0.05, 0.1) is 6.61 Å². The summed E-state index contributed by atoms with van der Waals surface area (Å²) in [6.45, 7) is 11.2. The second-order valence-corrected chi connectivity index (χ2v) is 12.2. The van der Waals surface area contributed by atoms with Crippen LogP contribution in [0, 0.1) is 5.41 Å². The molecular weight excluding hydrogens is 553 g/mol. The van der Waals surface area contributed by atoms with Crippen molar-refractivity contribution < 1.29 is 28.4 Å². The van der Waals surface area contributed by atoms with Crippen molar-refractivity contribution in [2.45, 2.75) is 139 Å². The highest BCUT2D eigenvalue weighted by atomic mass is 35.6. The molecule has 0 saturated carbocycles. The van der Waals surface area contributed by atoms with E-state index in [1.54, 1.807) is 0 Å². The van der Waals surface area contributed by atoms with Gasteiger partial charge in [0.1, 0.15) is 24.4 Å². The third-order valence-corrected chi connectivity index (χ3v) is 6.95. The maximum Gasteiger partial charge on any atom is 0.265 e. The fourth-order valence-corrected chi connectivity index (χ4v) is 4.36. The molecule has 0 amide bonds. The summed E-state index contributed by atoms with van der Waals surface area (Å²) >= 11 is 17.9.